The second kappa shape index (κ2) is 31.8. The molecule has 0 N–H and O–H groups in total. The molecular weight excluding hydrogens is 1280 g/mol. The van der Waals surface area contributed by atoms with Crippen molar-refractivity contribution in [3.05, 3.63) is 286 Å². The van der Waals surface area contributed by atoms with E-state index < -0.39 is 0 Å². The third kappa shape index (κ3) is 20.7. The summed E-state index contributed by atoms with van der Waals surface area (Å²) >= 11 is 6.27. The highest BCUT2D eigenvalue weighted by atomic mass is 35.5. The molecule has 8 aromatic heterocycles. The van der Waals surface area contributed by atoms with Gasteiger partial charge in [-0.15, -0.1) is 0 Å². The first-order valence-electron chi connectivity index (χ1n) is 34.7. The smallest absolute Gasteiger partial charge is 0.146 e. The van der Waals surface area contributed by atoms with Crippen LogP contribution in [-0.4, -0.2) is 38.4 Å². The second-order valence-electron chi connectivity index (χ2n) is 31.2. The van der Waals surface area contributed by atoms with Crippen molar-refractivity contribution in [3.63, 3.8) is 0 Å². The number of rotatable bonds is 10. The lowest BCUT2D eigenvalue weighted by Gasteiger charge is -2.20. The Labute approximate surface area is 609 Å². The average molecular weight is 1390 g/mol. The number of halogens is 1. The molecule has 0 aliphatic heterocycles. The number of aryl methyl sites for hydroxylation is 7. The maximum Gasteiger partial charge on any atom is 0.146 e. The van der Waals surface area contributed by atoms with Crippen LogP contribution < -0.4 is 23.7 Å². The summed E-state index contributed by atoms with van der Waals surface area (Å²) in [4.78, 5) is 17.1. The first kappa shape index (κ1) is 76.0. The summed E-state index contributed by atoms with van der Waals surface area (Å²) in [5, 5.41) is 4.85. The molecule has 13 aromatic rings. The number of pyridine rings is 5. The molecular formula is C88H101ClN8O5. The van der Waals surface area contributed by atoms with E-state index in [4.69, 9.17) is 35.3 Å². The minimum absolute atomic E-state index is 0.0770. The van der Waals surface area contributed by atoms with E-state index in [2.05, 4.69) is 211 Å². The van der Waals surface area contributed by atoms with Crippen molar-refractivity contribution >= 4 is 28.4 Å². The Bertz CT molecular complexity index is 4730. The molecule has 0 bridgehead atoms. The molecule has 0 unspecified atom stereocenters. The van der Waals surface area contributed by atoms with Gasteiger partial charge >= 0.3 is 0 Å². The van der Waals surface area contributed by atoms with Crippen molar-refractivity contribution in [2.45, 2.75) is 179 Å². The van der Waals surface area contributed by atoms with Crippen LogP contribution in [0.1, 0.15) is 171 Å². The maximum absolute atomic E-state index is 6.27. The van der Waals surface area contributed by atoms with Gasteiger partial charge in [-0.3, -0.25) is 9.97 Å². The molecule has 102 heavy (non-hydrogen) atoms. The van der Waals surface area contributed by atoms with E-state index in [1.807, 2.05) is 168 Å². The fourth-order valence-electron chi connectivity index (χ4n) is 10.7. The predicted molar refractivity (Wildman–Crippen MR) is 418 cm³/mol. The molecule has 0 aliphatic rings. The van der Waals surface area contributed by atoms with Crippen molar-refractivity contribution in [2.75, 3.05) is 0 Å². The van der Waals surface area contributed by atoms with Crippen molar-refractivity contribution in [3.8, 4) is 57.5 Å². The summed E-state index contributed by atoms with van der Waals surface area (Å²) in [6, 6.07) is 52.9. The molecule has 0 spiro atoms. The molecule has 0 aliphatic carbocycles. The number of benzene rings is 5. The highest BCUT2D eigenvalue weighted by molar-refractivity contribution is 6.32. The standard InChI is InChI=1S/C19H22N2O.2C18H20N2O.C17H21NO.C16H18ClNO/c1-13-10-15(19(3,4)5)6-7-17(13)22-16-8-9-21-14(2)12-20-18(21)11-16;1-13-11-14(18(2,3)4)5-8-17(13)21-16-7-6-15-9-10-19-20(15)12-16;1-13-11-14(18(2,3)4)5-6-16(13)21-15-7-9-20-10-8-19-17(20)12-15;1-12-10-14(17(3,4)5)7-9-16(12)19-15-8-6-13(2)18-11-15;1-11-5-7-13(10-18-11)19-15-8-6-12(9-14(15)17)16(2,3)4/h6-12H,1-5H3;2*5-12H,1-4H3;6-11H,1-5H3;5-10H,1-4H3. The first-order chi connectivity index (χ1) is 47.9. The zero-order valence-electron chi connectivity index (χ0n) is 63.7. The monoisotopic (exact) mass is 1380 g/mol. The molecule has 5 aromatic carbocycles. The molecule has 0 radical (unpaired) electrons. The Morgan fingerprint density at radius 2 is 0.716 bits per heavy atom. The molecule has 14 heteroatoms. The Balaban J connectivity index is 0.000000148. The van der Waals surface area contributed by atoms with Gasteiger partial charge in [-0.05, 0) is 217 Å². The molecule has 0 atom stereocenters. The molecule has 0 saturated heterocycles. The summed E-state index contributed by atoms with van der Waals surface area (Å²) in [5.74, 6) is 8.07. The van der Waals surface area contributed by atoms with Gasteiger partial charge in [0, 0.05) is 66.4 Å². The van der Waals surface area contributed by atoms with E-state index in [9.17, 15) is 0 Å². The molecule has 8 heterocycles. The number of imidazole rings is 2. The van der Waals surface area contributed by atoms with E-state index >= 15 is 0 Å². The zero-order chi connectivity index (χ0) is 74.1. The number of fused-ring (bicyclic) bond motifs is 3. The molecule has 13 rings (SSSR count). The number of aromatic nitrogens is 8. The third-order valence-electron chi connectivity index (χ3n) is 17.3. The third-order valence-corrected chi connectivity index (χ3v) is 17.6. The fraction of sp³-hybridized carbons (Fsp3) is 0.307. The van der Waals surface area contributed by atoms with Gasteiger partial charge in [-0.2, -0.15) is 5.10 Å². The quantitative estimate of drug-likeness (QED) is 0.131. The van der Waals surface area contributed by atoms with Crippen LogP contribution in [0.15, 0.2) is 213 Å². The second-order valence-corrected chi connectivity index (χ2v) is 31.6. The van der Waals surface area contributed by atoms with Crippen molar-refractivity contribution < 1.29 is 23.7 Å². The lowest BCUT2D eigenvalue weighted by atomic mass is 9.86. The van der Waals surface area contributed by atoms with Crippen LogP contribution in [0.4, 0.5) is 0 Å². The van der Waals surface area contributed by atoms with Gasteiger partial charge in [-0.1, -0.05) is 170 Å². The van der Waals surface area contributed by atoms with Gasteiger partial charge in [0.15, 0.2) is 0 Å². The number of hydrogen-bond donors (Lipinski definition) is 0. The summed E-state index contributed by atoms with van der Waals surface area (Å²) in [6.07, 6.45) is 16.6. The van der Waals surface area contributed by atoms with Crippen LogP contribution in [0.25, 0.3) is 16.8 Å². The van der Waals surface area contributed by atoms with Gasteiger partial charge in [0.1, 0.15) is 68.8 Å². The van der Waals surface area contributed by atoms with Crippen molar-refractivity contribution in [2.24, 2.45) is 0 Å². The zero-order valence-corrected chi connectivity index (χ0v) is 64.5. The summed E-state index contributed by atoms with van der Waals surface area (Å²) in [7, 11) is 0. The Morgan fingerprint density at radius 1 is 0.324 bits per heavy atom. The van der Waals surface area contributed by atoms with Gasteiger partial charge < -0.3 is 32.5 Å². The highest BCUT2D eigenvalue weighted by Gasteiger charge is 2.21. The Hall–Kier alpha value is -10.2. The molecule has 0 saturated carbocycles. The Kier molecular flexibility index (Phi) is 23.6. The maximum atomic E-state index is 6.27. The number of hydrogen-bond acceptors (Lipinski definition) is 10. The lowest BCUT2D eigenvalue weighted by Crippen LogP contribution is -2.11. The van der Waals surface area contributed by atoms with E-state index in [0.717, 1.165) is 102 Å². The van der Waals surface area contributed by atoms with E-state index in [1.54, 1.807) is 24.8 Å². The van der Waals surface area contributed by atoms with Gasteiger partial charge in [0.25, 0.3) is 0 Å². The fourth-order valence-corrected chi connectivity index (χ4v) is 10.9. The highest BCUT2D eigenvalue weighted by Crippen LogP contribution is 2.37. The van der Waals surface area contributed by atoms with Crippen LogP contribution in [0, 0.1) is 48.5 Å². The van der Waals surface area contributed by atoms with Crippen molar-refractivity contribution in [1.29, 1.82) is 0 Å². The van der Waals surface area contributed by atoms with Crippen LogP contribution >= 0.6 is 11.6 Å². The normalized spacial score (nSPS) is 11.7. The van der Waals surface area contributed by atoms with Crippen LogP contribution in [0.5, 0.6) is 57.5 Å². The van der Waals surface area contributed by atoms with Gasteiger partial charge in [0.2, 0.25) is 0 Å². The number of nitrogens with zero attached hydrogens (tertiary/aromatic N) is 8. The van der Waals surface area contributed by atoms with Crippen LogP contribution in [0.2, 0.25) is 5.02 Å². The van der Waals surface area contributed by atoms with E-state index in [1.165, 1.54) is 27.8 Å². The number of ether oxygens (including phenoxy) is 5. The van der Waals surface area contributed by atoms with Gasteiger partial charge in [0.05, 0.1) is 29.1 Å². The molecule has 0 fully saturated rings. The minimum atomic E-state index is 0.0770. The lowest BCUT2D eigenvalue weighted by molar-refractivity contribution is 0.473. The van der Waals surface area contributed by atoms with Crippen LogP contribution in [-0.2, 0) is 27.1 Å². The van der Waals surface area contributed by atoms with E-state index in [0.29, 0.717) is 16.5 Å². The van der Waals surface area contributed by atoms with E-state index in [-0.39, 0.29) is 27.1 Å². The van der Waals surface area contributed by atoms with Gasteiger partial charge in [-0.25, -0.2) is 14.5 Å². The molecule has 0 amide bonds. The Morgan fingerprint density at radius 3 is 1.14 bits per heavy atom. The first-order valence-corrected chi connectivity index (χ1v) is 35.1. The topological polar surface area (TPSA) is 124 Å². The molecule has 530 valence electrons. The predicted octanol–water partition coefficient (Wildman–Crippen LogP) is 24.4. The SMILES string of the molecule is Cc1cc(C(C)(C)C)ccc1Oc1ccc2ccnn2c1.Cc1cc(C(C)(C)C)ccc1Oc1ccn2c(C)cnc2c1.Cc1cc(C(C)(C)C)ccc1Oc1ccn2ccnc2c1.Cc1ccc(Oc2ccc(C(C)(C)C)cc2C)cn1.Cc1ccc(Oc2ccc(C(C)(C)C)cc2Cl)cn1. The van der Waals surface area contributed by atoms with Crippen LogP contribution in [0.3, 0.4) is 0 Å². The summed E-state index contributed by atoms with van der Waals surface area (Å²) < 4.78 is 35.5. The molecule has 13 nitrogen and oxygen atoms in total. The van der Waals surface area contributed by atoms with Crippen molar-refractivity contribution in [1.82, 2.24) is 38.4 Å². The average Bonchev–Trinajstić information content (AvgIpc) is 1.71. The summed E-state index contributed by atoms with van der Waals surface area (Å²) in [5.41, 5.74) is 17.6. The summed E-state index contributed by atoms with van der Waals surface area (Å²) in [6.45, 7) is 47.3. The largest absolute Gasteiger partial charge is 0.457 e. The minimum Gasteiger partial charge on any atom is -0.457 e.